The van der Waals surface area contributed by atoms with Crippen LogP contribution >= 0.6 is 0 Å². The molecule has 0 aromatic heterocycles. The van der Waals surface area contributed by atoms with Crippen LogP contribution in [-0.2, 0) is 25.6 Å². The largest absolute Gasteiger partial charge is 0.347 e. The van der Waals surface area contributed by atoms with Crippen molar-refractivity contribution in [2.75, 3.05) is 6.54 Å². The molecule has 1 aromatic carbocycles. The number of benzene rings is 1. The lowest BCUT2D eigenvalue weighted by Crippen LogP contribution is -2.61. The molecule has 0 spiro atoms. The minimum Gasteiger partial charge on any atom is -0.347 e. The molecule has 2 aliphatic heterocycles. The van der Waals surface area contributed by atoms with Crippen molar-refractivity contribution in [3.8, 4) is 0 Å². The molecule has 8 heteroatoms. The summed E-state index contributed by atoms with van der Waals surface area (Å²) in [6.07, 6.45) is 5.20. The van der Waals surface area contributed by atoms with Gasteiger partial charge in [0.2, 0.25) is 23.6 Å². The highest BCUT2D eigenvalue weighted by molar-refractivity contribution is 5.93. The Morgan fingerprint density at radius 3 is 2.51 bits per heavy atom. The zero-order valence-electron chi connectivity index (χ0n) is 21.1. The van der Waals surface area contributed by atoms with Crippen molar-refractivity contribution in [3.63, 3.8) is 0 Å². The van der Waals surface area contributed by atoms with Gasteiger partial charge in [-0.05, 0) is 62.5 Å². The maximum absolute atomic E-state index is 13.8. The molecular weight excluding hydrogens is 444 g/mol. The van der Waals surface area contributed by atoms with Crippen molar-refractivity contribution in [1.82, 2.24) is 20.4 Å². The molecule has 2 unspecified atom stereocenters. The summed E-state index contributed by atoms with van der Waals surface area (Å²) in [6, 6.07) is 6.76. The number of rotatable bonds is 5. The Morgan fingerprint density at radius 1 is 1.03 bits per heavy atom. The summed E-state index contributed by atoms with van der Waals surface area (Å²) in [6.45, 7) is 5.80. The van der Waals surface area contributed by atoms with Crippen molar-refractivity contribution in [2.24, 2.45) is 5.92 Å². The standard InChI is InChI=1S/C27H38N4O4/c1-4-17(2)25(33)29-22-13-8-16-30(18(3)32)24-15-14-23(31(24)27(22)35)26(34)28-21-12-7-10-19-9-5-6-11-20(19)21/h5-6,9,11,17,21-24H,4,7-8,10,12-16H2,1-3H3,(H,28,34)(H,29,33)/t17-,21-,22+,23?,24?/m1/s1. The number of carbonyl (C=O) groups excluding carboxylic acids is 4. The third kappa shape index (κ3) is 5.21. The molecule has 8 nitrogen and oxygen atoms in total. The van der Waals surface area contributed by atoms with E-state index in [2.05, 4.69) is 22.8 Å². The monoisotopic (exact) mass is 482 g/mol. The predicted octanol–water partition coefficient (Wildman–Crippen LogP) is 2.67. The van der Waals surface area contributed by atoms with E-state index < -0.39 is 18.2 Å². The highest BCUT2D eigenvalue weighted by atomic mass is 16.2. The Morgan fingerprint density at radius 2 is 1.77 bits per heavy atom. The SMILES string of the molecule is CC[C@@H](C)C(=O)N[C@H]1CCCN(C(C)=O)C2CCC(C(=O)N[C@@H]3CCCc4ccccc43)N2C1=O. The number of fused-ring (bicyclic) bond motifs is 2. The molecular formula is C27H38N4O4. The zero-order valence-corrected chi connectivity index (χ0v) is 21.1. The van der Waals surface area contributed by atoms with E-state index in [9.17, 15) is 19.2 Å². The molecule has 2 fully saturated rings. The van der Waals surface area contributed by atoms with Crippen molar-refractivity contribution < 1.29 is 19.2 Å². The summed E-state index contributed by atoms with van der Waals surface area (Å²) in [5.41, 5.74) is 2.40. The van der Waals surface area contributed by atoms with Crippen LogP contribution < -0.4 is 10.6 Å². The van der Waals surface area contributed by atoms with Gasteiger partial charge >= 0.3 is 0 Å². The zero-order chi connectivity index (χ0) is 25.1. The lowest BCUT2D eigenvalue weighted by Gasteiger charge is -2.41. The fourth-order valence-electron chi connectivity index (χ4n) is 5.75. The first-order chi connectivity index (χ1) is 16.8. The van der Waals surface area contributed by atoms with Crippen LogP contribution in [0.3, 0.4) is 0 Å². The van der Waals surface area contributed by atoms with Crippen LogP contribution in [0.15, 0.2) is 24.3 Å². The summed E-state index contributed by atoms with van der Waals surface area (Å²) >= 11 is 0. The summed E-state index contributed by atoms with van der Waals surface area (Å²) < 4.78 is 0. The van der Waals surface area contributed by atoms with Gasteiger partial charge in [0.25, 0.3) is 0 Å². The van der Waals surface area contributed by atoms with Gasteiger partial charge in [0.1, 0.15) is 18.2 Å². The van der Waals surface area contributed by atoms with Crippen LogP contribution in [0.4, 0.5) is 0 Å². The summed E-state index contributed by atoms with van der Waals surface area (Å²) in [4.78, 5) is 55.8. The summed E-state index contributed by atoms with van der Waals surface area (Å²) in [5.74, 6) is -0.887. The predicted molar refractivity (Wildman–Crippen MR) is 132 cm³/mol. The number of nitrogens with zero attached hydrogens (tertiary/aromatic N) is 2. The molecule has 0 saturated carbocycles. The van der Waals surface area contributed by atoms with E-state index in [1.54, 1.807) is 9.80 Å². The van der Waals surface area contributed by atoms with E-state index in [4.69, 9.17) is 0 Å². The van der Waals surface area contributed by atoms with E-state index in [0.29, 0.717) is 38.6 Å². The summed E-state index contributed by atoms with van der Waals surface area (Å²) in [5, 5.41) is 6.14. The second-order valence-electron chi connectivity index (χ2n) is 10.2. The highest BCUT2D eigenvalue weighted by Gasteiger charge is 2.47. The van der Waals surface area contributed by atoms with Crippen LogP contribution in [0, 0.1) is 5.92 Å². The van der Waals surface area contributed by atoms with E-state index >= 15 is 0 Å². The van der Waals surface area contributed by atoms with Gasteiger partial charge in [0.15, 0.2) is 0 Å². The first-order valence-corrected chi connectivity index (χ1v) is 13.1. The fraction of sp³-hybridized carbons (Fsp3) is 0.630. The molecule has 5 atom stereocenters. The Bertz CT molecular complexity index is 980. The second kappa shape index (κ2) is 10.8. The van der Waals surface area contributed by atoms with Gasteiger partial charge in [-0.1, -0.05) is 38.1 Å². The third-order valence-electron chi connectivity index (χ3n) is 7.93. The molecule has 2 heterocycles. The first kappa shape index (κ1) is 25.2. The molecule has 190 valence electrons. The van der Waals surface area contributed by atoms with Crippen molar-refractivity contribution in [2.45, 2.75) is 96.4 Å². The quantitative estimate of drug-likeness (QED) is 0.674. The average Bonchev–Trinajstić information content (AvgIpc) is 3.28. The van der Waals surface area contributed by atoms with Gasteiger partial charge < -0.3 is 20.4 Å². The minimum atomic E-state index is -0.683. The third-order valence-corrected chi connectivity index (χ3v) is 7.93. The smallest absolute Gasteiger partial charge is 0.247 e. The van der Waals surface area contributed by atoms with E-state index in [-0.39, 0.29) is 35.6 Å². The molecule has 35 heavy (non-hydrogen) atoms. The Balaban J connectivity index is 1.57. The molecule has 0 radical (unpaired) electrons. The van der Waals surface area contributed by atoms with Gasteiger partial charge in [-0.25, -0.2) is 0 Å². The lowest BCUT2D eigenvalue weighted by molar-refractivity contribution is -0.153. The highest BCUT2D eigenvalue weighted by Crippen LogP contribution is 2.33. The fourth-order valence-corrected chi connectivity index (χ4v) is 5.75. The second-order valence-corrected chi connectivity index (χ2v) is 10.2. The van der Waals surface area contributed by atoms with Gasteiger partial charge in [0, 0.05) is 19.4 Å². The van der Waals surface area contributed by atoms with Crippen LogP contribution in [0.2, 0.25) is 0 Å². The van der Waals surface area contributed by atoms with E-state index in [0.717, 1.165) is 24.8 Å². The minimum absolute atomic E-state index is 0.0822. The molecule has 4 rings (SSSR count). The number of nitrogens with one attached hydrogen (secondary N) is 2. The number of carbonyl (C=O) groups is 4. The number of hydrogen-bond donors (Lipinski definition) is 2. The van der Waals surface area contributed by atoms with Crippen LogP contribution in [0.25, 0.3) is 0 Å². The molecule has 3 aliphatic rings. The molecule has 2 saturated heterocycles. The molecule has 1 aliphatic carbocycles. The van der Waals surface area contributed by atoms with E-state index in [1.807, 2.05) is 26.0 Å². The molecule has 0 bridgehead atoms. The Hall–Kier alpha value is -2.90. The number of hydrogen-bond acceptors (Lipinski definition) is 4. The van der Waals surface area contributed by atoms with Crippen LogP contribution in [0.5, 0.6) is 0 Å². The number of aryl methyl sites for hydroxylation is 1. The van der Waals surface area contributed by atoms with E-state index in [1.165, 1.54) is 12.5 Å². The van der Waals surface area contributed by atoms with Gasteiger partial charge in [-0.2, -0.15) is 0 Å². The molecule has 4 amide bonds. The summed E-state index contributed by atoms with van der Waals surface area (Å²) in [7, 11) is 0. The molecule has 2 N–H and O–H groups in total. The van der Waals surface area contributed by atoms with Gasteiger partial charge in [-0.15, -0.1) is 0 Å². The number of amides is 4. The topological polar surface area (TPSA) is 98.8 Å². The van der Waals surface area contributed by atoms with Crippen molar-refractivity contribution in [3.05, 3.63) is 35.4 Å². The Labute approximate surface area is 207 Å². The maximum atomic E-state index is 13.8. The maximum Gasteiger partial charge on any atom is 0.247 e. The van der Waals surface area contributed by atoms with Gasteiger partial charge in [0.05, 0.1) is 6.04 Å². The molecule has 1 aromatic rings. The van der Waals surface area contributed by atoms with Crippen molar-refractivity contribution in [1.29, 1.82) is 0 Å². The first-order valence-electron chi connectivity index (χ1n) is 13.1. The van der Waals surface area contributed by atoms with Crippen molar-refractivity contribution >= 4 is 23.6 Å². The van der Waals surface area contributed by atoms with Crippen LogP contribution in [-0.4, -0.2) is 58.2 Å². The lowest BCUT2D eigenvalue weighted by atomic mass is 9.87. The van der Waals surface area contributed by atoms with Gasteiger partial charge in [-0.3, -0.25) is 19.2 Å². The normalized spacial score (nSPS) is 27.2. The average molecular weight is 483 g/mol. The van der Waals surface area contributed by atoms with Crippen LogP contribution in [0.1, 0.15) is 82.9 Å². The Kier molecular flexibility index (Phi) is 7.77.